The van der Waals surface area contributed by atoms with E-state index in [9.17, 15) is 23.2 Å². The van der Waals surface area contributed by atoms with Crippen molar-refractivity contribution in [3.05, 3.63) is 58.9 Å². The number of likely N-dealkylation sites (tertiary alicyclic amines) is 1. The first kappa shape index (κ1) is 32.2. The zero-order valence-corrected chi connectivity index (χ0v) is 27.0. The Morgan fingerprint density at radius 3 is 2.62 bits per heavy atom. The second kappa shape index (κ2) is 12.6. The van der Waals surface area contributed by atoms with Gasteiger partial charge in [0.05, 0.1) is 65.9 Å². The van der Waals surface area contributed by atoms with Crippen LogP contribution in [-0.4, -0.2) is 80.7 Å². The number of fused-ring (bicyclic) bond motifs is 2. The van der Waals surface area contributed by atoms with Gasteiger partial charge < -0.3 is 9.47 Å². The molecule has 11 nitrogen and oxygen atoms in total. The molecule has 3 aromatic heterocycles. The maximum atomic E-state index is 13.8. The first-order chi connectivity index (χ1) is 23.0. The minimum Gasteiger partial charge on any atom is -0.482 e. The van der Waals surface area contributed by atoms with Crippen molar-refractivity contribution in [2.45, 2.75) is 51.5 Å². The molecule has 250 valence electrons. The number of benzene rings is 1. The molecule has 3 aliphatic rings. The van der Waals surface area contributed by atoms with E-state index in [2.05, 4.69) is 27.9 Å². The number of aromatic nitrogens is 5. The SMILES string of the molecule is CC(Cc1nc2c(cnn2[C@@H]2CCN(C3COC3)C[C@H]2C)c(-c2ccc3c(c2)OCC(=O)N3Cc2ncc(Cl)cn2)c1C#N)C(F)(F)F. The molecular weight excluding hydrogens is 649 g/mol. The molecule has 0 saturated carbocycles. The van der Waals surface area contributed by atoms with Crippen molar-refractivity contribution >= 4 is 34.2 Å². The Kier molecular flexibility index (Phi) is 8.47. The Balaban J connectivity index is 1.31. The minimum atomic E-state index is -4.47. The molecular formula is C33H32ClF3N8O3. The zero-order chi connectivity index (χ0) is 33.7. The van der Waals surface area contributed by atoms with Crippen LogP contribution < -0.4 is 9.64 Å². The Hall–Kier alpha value is -4.32. The van der Waals surface area contributed by atoms with Crippen molar-refractivity contribution in [3.63, 3.8) is 0 Å². The second-order valence-corrected chi connectivity index (χ2v) is 13.1. The number of carbonyl (C=O) groups is 1. The summed E-state index contributed by atoms with van der Waals surface area (Å²) in [5.74, 6) is -1.09. The summed E-state index contributed by atoms with van der Waals surface area (Å²) in [6.07, 6.45) is 0.375. The van der Waals surface area contributed by atoms with Crippen molar-refractivity contribution < 1.29 is 27.4 Å². The third kappa shape index (κ3) is 5.95. The fourth-order valence-electron chi connectivity index (χ4n) is 6.71. The van der Waals surface area contributed by atoms with E-state index in [0.29, 0.717) is 50.5 Å². The summed E-state index contributed by atoms with van der Waals surface area (Å²) in [6.45, 7) is 6.18. The number of anilines is 1. The molecule has 15 heteroatoms. The van der Waals surface area contributed by atoms with Crippen LogP contribution >= 0.6 is 11.6 Å². The lowest BCUT2D eigenvalue weighted by atomic mass is 9.91. The fraction of sp³-hybridized carbons (Fsp3) is 0.455. The maximum Gasteiger partial charge on any atom is 0.391 e. The smallest absolute Gasteiger partial charge is 0.391 e. The Morgan fingerprint density at radius 2 is 1.96 bits per heavy atom. The fourth-order valence-corrected chi connectivity index (χ4v) is 6.81. The normalized spacial score (nSPS) is 21.0. The molecule has 48 heavy (non-hydrogen) atoms. The van der Waals surface area contributed by atoms with Crippen LogP contribution in [0.25, 0.3) is 22.2 Å². The molecule has 3 atom stereocenters. The van der Waals surface area contributed by atoms with Crippen LogP contribution in [0.2, 0.25) is 5.02 Å². The molecule has 3 aliphatic heterocycles. The van der Waals surface area contributed by atoms with Crippen LogP contribution in [0.5, 0.6) is 5.75 Å². The highest BCUT2D eigenvalue weighted by molar-refractivity contribution is 6.30. The van der Waals surface area contributed by atoms with Gasteiger partial charge in [0.1, 0.15) is 17.6 Å². The number of halogens is 4. The number of amides is 1. The van der Waals surface area contributed by atoms with Gasteiger partial charge in [0.25, 0.3) is 5.91 Å². The van der Waals surface area contributed by atoms with Gasteiger partial charge >= 0.3 is 6.18 Å². The summed E-state index contributed by atoms with van der Waals surface area (Å²) in [5, 5.41) is 16.1. The minimum absolute atomic E-state index is 0.0394. The average molecular weight is 681 g/mol. The first-order valence-corrected chi connectivity index (χ1v) is 16.1. The van der Waals surface area contributed by atoms with Crippen molar-refractivity contribution in [2.24, 2.45) is 11.8 Å². The van der Waals surface area contributed by atoms with Crippen LogP contribution in [0.1, 0.15) is 43.4 Å². The monoisotopic (exact) mass is 680 g/mol. The molecule has 1 amide bonds. The van der Waals surface area contributed by atoms with Crippen LogP contribution in [0, 0.1) is 23.2 Å². The molecule has 6 heterocycles. The van der Waals surface area contributed by atoms with Crippen LogP contribution in [0.4, 0.5) is 18.9 Å². The number of hydrogen-bond donors (Lipinski definition) is 0. The number of nitrogens with zero attached hydrogens (tertiary/aromatic N) is 8. The standard InChI is InChI=1S/C33H32ClF3N8O3/c1-18-13-43(22-15-47-16-22)6-5-26(18)45-32-24(12-41-45)31(23(9-38)25(42-32)7-19(2)33(35,36)37)20-3-4-27-28(8-20)48-17-30(46)44(27)14-29-39-10-21(34)11-40-29/h3-4,8,10-12,18-19,22,26H,5-7,13-17H2,1-2H3/t18-,19?,26-/m1/s1. The number of piperidine rings is 1. The number of hydrogen-bond acceptors (Lipinski definition) is 9. The maximum absolute atomic E-state index is 13.8. The van der Waals surface area contributed by atoms with Crippen LogP contribution in [-0.2, 0) is 22.5 Å². The van der Waals surface area contributed by atoms with Gasteiger partial charge in [-0.3, -0.25) is 14.6 Å². The number of pyridine rings is 1. The van der Waals surface area contributed by atoms with Crippen molar-refractivity contribution in [3.8, 4) is 22.9 Å². The highest BCUT2D eigenvalue weighted by atomic mass is 35.5. The lowest BCUT2D eigenvalue weighted by molar-refractivity contribution is -0.169. The summed E-state index contributed by atoms with van der Waals surface area (Å²) in [5.41, 5.74) is 1.95. The van der Waals surface area contributed by atoms with Gasteiger partial charge in [-0.2, -0.15) is 23.5 Å². The molecule has 1 aromatic carbocycles. The number of ether oxygens (including phenoxy) is 2. The molecule has 7 rings (SSSR count). The molecule has 0 N–H and O–H groups in total. The third-order valence-corrected chi connectivity index (χ3v) is 9.69. The summed E-state index contributed by atoms with van der Waals surface area (Å²) in [7, 11) is 0. The van der Waals surface area contributed by atoms with E-state index in [-0.39, 0.29) is 42.3 Å². The average Bonchev–Trinajstić information content (AvgIpc) is 3.44. The molecule has 2 fully saturated rings. The quantitative estimate of drug-likeness (QED) is 0.254. The molecule has 0 radical (unpaired) electrons. The second-order valence-electron chi connectivity index (χ2n) is 12.7. The van der Waals surface area contributed by atoms with E-state index in [1.165, 1.54) is 17.3 Å². The largest absolute Gasteiger partial charge is 0.482 e. The van der Waals surface area contributed by atoms with E-state index in [4.69, 9.17) is 31.2 Å². The number of nitriles is 1. The Labute approximate surface area is 279 Å². The molecule has 2 saturated heterocycles. The molecule has 4 aromatic rings. The topological polar surface area (TPSA) is 122 Å². The van der Waals surface area contributed by atoms with E-state index >= 15 is 0 Å². The van der Waals surface area contributed by atoms with E-state index in [1.807, 2.05) is 4.68 Å². The number of carbonyl (C=O) groups excluding carboxylic acids is 1. The highest BCUT2D eigenvalue weighted by Gasteiger charge is 2.39. The number of alkyl halides is 3. The predicted molar refractivity (Wildman–Crippen MR) is 169 cm³/mol. The summed E-state index contributed by atoms with van der Waals surface area (Å²) < 4.78 is 54.5. The predicted octanol–water partition coefficient (Wildman–Crippen LogP) is 5.36. The molecule has 0 bridgehead atoms. The van der Waals surface area contributed by atoms with Gasteiger partial charge in [-0.15, -0.1) is 0 Å². The molecule has 0 aliphatic carbocycles. The summed E-state index contributed by atoms with van der Waals surface area (Å²) in [4.78, 5) is 29.9. The highest BCUT2D eigenvalue weighted by Crippen LogP contribution is 2.42. The lowest BCUT2D eigenvalue weighted by Crippen LogP contribution is -2.54. The van der Waals surface area contributed by atoms with Gasteiger partial charge in [-0.25, -0.2) is 19.6 Å². The third-order valence-electron chi connectivity index (χ3n) is 9.50. The first-order valence-electron chi connectivity index (χ1n) is 15.7. The van der Waals surface area contributed by atoms with Crippen molar-refractivity contribution in [1.29, 1.82) is 5.26 Å². The van der Waals surface area contributed by atoms with Crippen molar-refractivity contribution in [2.75, 3.05) is 37.8 Å². The van der Waals surface area contributed by atoms with Gasteiger partial charge in [0.2, 0.25) is 0 Å². The Morgan fingerprint density at radius 1 is 1.19 bits per heavy atom. The number of rotatable bonds is 7. The zero-order valence-electron chi connectivity index (χ0n) is 26.2. The van der Waals surface area contributed by atoms with Crippen LogP contribution in [0.3, 0.4) is 0 Å². The van der Waals surface area contributed by atoms with E-state index in [1.54, 1.807) is 24.4 Å². The molecule has 0 spiro atoms. The van der Waals surface area contributed by atoms with Gasteiger partial charge in [-0.05, 0) is 30.0 Å². The summed E-state index contributed by atoms with van der Waals surface area (Å²) >= 11 is 5.92. The van der Waals surface area contributed by atoms with E-state index < -0.39 is 18.5 Å². The molecule has 1 unspecified atom stereocenters. The summed E-state index contributed by atoms with van der Waals surface area (Å²) in [6, 6.07) is 7.63. The Bertz CT molecular complexity index is 1910. The van der Waals surface area contributed by atoms with Crippen LogP contribution in [0.15, 0.2) is 36.8 Å². The lowest BCUT2D eigenvalue weighted by Gasteiger charge is -2.44. The van der Waals surface area contributed by atoms with Gasteiger partial charge in [0, 0.05) is 42.9 Å². The van der Waals surface area contributed by atoms with Gasteiger partial charge in [0.15, 0.2) is 12.3 Å². The van der Waals surface area contributed by atoms with E-state index in [0.717, 1.165) is 39.6 Å². The van der Waals surface area contributed by atoms with Gasteiger partial charge in [-0.1, -0.05) is 31.5 Å². The van der Waals surface area contributed by atoms with Crippen molar-refractivity contribution in [1.82, 2.24) is 29.6 Å².